The van der Waals surface area contributed by atoms with Crippen molar-refractivity contribution in [2.24, 2.45) is 4.99 Å². The second-order valence-corrected chi connectivity index (χ2v) is 9.45. The first-order valence-corrected chi connectivity index (χ1v) is 12.0. The molecule has 33 heavy (non-hydrogen) atoms. The summed E-state index contributed by atoms with van der Waals surface area (Å²) in [6.07, 6.45) is 0.850. The van der Waals surface area contributed by atoms with Gasteiger partial charge in [0.25, 0.3) is 5.91 Å². The predicted octanol–water partition coefficient (Wildman–Crippen LogP) is 7.39. The number of nitrogens with zero attached hydrogens (tertiary/aromatic N) is 1. The van der Waals surface area contributed by atoms with Crippen LogP contribution >= 0.6 is 23.4 Å². The summed E-state index contributed by atoms with van der Waals surface area (Å²) in [5.74, 6) is -0.220. The largest absolute Gasteiger partial charge is 0.285 e. The van der Waals surface area contributed by atoms with Crippen molar-refractivity contribution >= 4 is 39.9 Å². The van der Waals surface area contributed by atoms with Crippen molar-refractivity contribution in [2.75, 3.05) is 0 Å². The molecule has 1 amide bonds. The van der Waals surface area contributed by atoms with Crippen LogP contribution in [0.5, 0.6) is 0 Å². The van der Waals surface area contributed by atoms with Gasteiger partial charge in [0.1, 0.15) is 5.04 Å². The zero-order chi connectivity index (χ0) is 22.4. The predicted molar refractivity (Wildman–Crippen MR) is 138 cm³/mol. The molecule has 0 atom stereocenters. The van der Waals surface area contributed by atoms with Crippen LogP contribution in [-0.4, -0.2) is 11.0 Å². The Bertz CT molecular complexity index is 1490. The maximum absolute atomic E-state index is 13.3. The lowest BCUT2D eigenvalue weighted by molar-refractivity contribution is -0.113. The summed E-state index contributed by atoms with van der Waals surface area (Å²) >= 11 is 7.83. The van der Waals surface area contributed by atoms with Crippen LogP contribution in [0.3, 0.4) is 0 Å². The van der Waals surface area contributed by atoms with Gasteiger partial charge in [0.05, 0.1) is 9.93 Å². The summed E-state index contributed by atoms with van der Waals surface area (Å²) in [7, 11) is 0. The van der Waals surface area contributed by atoms with E-state index in [-0.39, 0.29) is 5.91 Å². The van der Waals surface area contributed by atoms with E-state index < -0.39 is 0 Å². The molecule has 6 rings (SSSR count). The Hall–Kier alpha value is -3.40. The third-order valence-corrected chi connectivity index (χ3v) is 7.53. The summed E-state index contributed by atoms with van der Waals surface area (Å²) in [4.78, 5) is 18.3. The number of hydrogen-bond donors (Lipinski definition) is 0. The second kappa shape index (κ2) is 8.18. The lowest BCUT2D eigenvalue weighted by atomic mass is 9.91. The van der Waals surface area contributed by atoms with E-state index >= 15 is 0 Å². The number of halogens is 1. The average Bonchev–Trinajstić information content (AvgIpc) is 3.41. The smallest absolute Gasteiger partial charge is 0.266 e. The highest BCUT2D eigenvalue weighted by molar-refractivity contribution is 8.19. The van der Waals surface area contributed by atoms with Crippen LogP contribution in [0.4, 0.5) is 0 Å². The fourth-order valence-corrected chi connectivity index (χ4v) is 5.97. The summed E-state index contributed by atoms with van der Waals surface area (Å²) in [6, 6.07) is 32.6. The Morgan fingerprint density at radius 2 is 1.45 bits per heavy atom. The Morgan fingerprint density at radius 1 is 0.758 bits per heavy atom. The number of carbonyl (C=O) groups excluding carboxylic acids is 1. The molecular formula is C29H18ClNOS. The fraction of sp³-hybridized carbons (Fsp3) is 0.0345. The molecule has 0 N–H and O–H groups in total. The van der Waals surface area contributed by atoms with Crippen LogP contribution < -0.4 is 0 Å². The van der Waals surface area contributed by atoms with Gasteiger partial charge in [-0.1, -0.05) is 114 Å². The van der Waals surface area contributed by atoms with Crippen molar-refractivity contribution in [3.05, 3.63) is 135 Å². The van der Waals surface area contributed by atoms with Crippen LogP contribution in [0.25, 0.3) is 16.7 Å². The Balaban J connectivity index is 1.55. The molecule has 4 heteroatoms. The van der Waals surface area contributed by atoms with Gasteiger partial charge in [-0.15, -0.1) is 0 Å². The number of carbonyl (C=O) groups is 1. The Kier molecular flexibility index (Phi) is 5.01. The van der Waals surface area contributed by atoms with E-state index in [9.17, 15) is 4.79 Å². The first kappa shape index (κ1) is 20.2. The highest BCUT2D eigenvalue weighted by atomic mass is 35.5. The molecule has 0 aromatic heterocycles. The molecule has 0 unspecified atom stereocenters. The molecule has 0 bridgehead atoms. The Morgan fingerprint density at radius 3 is 2.27 bits per heavy atom. The zero-order valence-electron chi connectivity index (χ0n) is 17.6. The van der Waals surface area contributed by atoms with E-state index in [0.717, 1.165) is 28.7 Å². The van der Waals surface area contributed by atoms with Crippen LogP contribution in [-0.2, 0) is 11.2 Å². The highest BCUT2D eigenvalue weighted by Crippen LogP contribution is 2.45. The molecule has 1 aliphatic heterocycles. The van der Waals surface area contributed by atoms with Gasteiger partial charge in [0.15, 0.2) is 0 Å². The number of thioether (sulfide) groups is 1. The molecule has 2 aliphatic rings. The first-order valence-electron chi connectivity index (χ1n) is 10.8. The number of rotatable bonds is 3. The minimum absolute atomic E-state index is 0.220. The fourth-order valence-electron chi connectivity index (χ4n) is 4.62. The van der Waals surface area contributed by atoms with Gasteiger partial charge < -0.3 is 0 Å². The van der Waals surface area contributed by atoms with Gasteiger partial charge >= 0.3 is 0 Å². The number of benzene rings is 4. The van der Waals surface area contributed by atoms with Gasteiger partial charge in [-0.3, -0.25) is 4.79 Å². The number of aliphatic imine (C=N–C) groups is 1. The number of hydrogen-bond acceptors (Lipinski definition) is 2. The van der Waals surface area contributed by atoms with Crippen LogP contribution in [0, 0.1) is 0 Å². The molecule has 0 saturated heterocycles. The standard InChI is InChI=1S/C29H18ClNOS/c30-25-16-7-6-13-23(25)29-31-28(32)27(33-29)26(18-9-2-1-3-10-18)22-15-8-14-21-20-12-5-4-11-19(20)17-24(21)22/h1-16H,17H2. The van der Waals surface area contributed by atoms with Crippen molar-refractivity contribution in [1.82, 2.24) is 0 Å². The molecule has 4 aromatic carbocycles. The monoisotopic (exact) mass is 463 g/mol. The van der Waals surface area contributed by atoms with Crippen molar-refractivity contribution in [2.45, 2.75) is 6.42 Å². The first-order chi connectivity index (χ1) is 16.2. The Labute approximate surface area is 201 Å². The number of amides is 1. The molecule has 1 aliphatic carbocycles. The summed E-state index contributed by atoms with van der Waals surface area (Å²) < 4.78 is 0. The molecule has 4 aromatic rings. The molecule has 158 valence electrons. The normalized spacial score (nSPS) is 15.8. The van der Waals surface area contributed by atoms with E-state index in [1.54, 1.807) is 0 Å². The van der Waals surface area contributed by atoms with Gasteiger partial charge in [0.2, 0.25) is 0 Å². The molecule has 1 heterocycles. The van der Waals surface area contributed by atoms with Crippen LogP contribution in [0.15, 0.2) is 107 Å². The van der Waals surface area contributed by atoms with Crippen molar-refractivity contribution < 1.29 is 4.79 Å². The van der Waals surface area contributed by atoms with Crippen molar-refractivity contribution in [1.29, 1.82) is 0 Å². The maximum atomic E-state index is 13.3. The SMILES string of the molecule is O=C1N=C(c2ccccc2Cl)SC1=C(c1ccccc1)c1cccc2c1Cc1ccccc1-2. The number of fused-ring (bicyclic) bond motifs is 3. The molecule has 0 fully saturated rings. The zero-order valence-corrected chi connectivity index (χ0v) is 19.2. The third-order valence-electron chi connectivity index (χ3n) is 6.11. The molecular weight excluding hydrogens is 446 g/mol. The van der Waals surface area contributed by atoms with Gasteiger partial charge in [-0.2, -0.15) is 0 Å². The summed E-state index contributed by atoms with van der Waals surface area (Å²) in [5.41, 5.74) is 8.88. The minimum Gasteiger partial charge on any atom is -0.266 e. The highest BCUT2D eigenvalue weighted by Gasteiger charge is 2.31. The van der Waals surface area contributed by atoms with Crippen molar-refractivity contribution in [3.8, 4) is 11.1 Å². The molecule has 2 nitrogen and oxygen atoms in total. The van der Waals surface area contributed by atoms with Crippen molar-refractivity contribution in [3.63, 3.8) is 0 Å². The average molecular weight is 464 g/mol. The van der Waals surface area contributed by atoms with Gasteiger partial charge in [-0.25, -0.2) is 4.99 Å². The van der Waals surface area contributed by atoms with E-state index in [1.807, 2.05) is 42.5 Å². The maximum Gasteiger partial charge on any atom is 0.285 e. The molecule has 0 radical (unpaired) electrons. The van der Waals surface area contributed by atoms with Crippen LogP contribution in [0.2, 0.25) is 5.02 Å². The van der Waals surface area contributed by atoms with E-state index in [4.69, 9.17) is 11.6 Å². The van der Waals surface area contributed by atoms with E-state index in [0.29, 0.717) is 15.0 Å². The lowest BCUT2D eigenvalue weighted by Gasteiger charge is -2.15. The van der Waals surface area contributed by atoms with E-state index in [2.05, 4.69) is 59.6 Å². The van der Waals surface area contributed by atoms with E-state index in [1.165, 1.54) is 34.0 Å². The van der Waals surface area contributed by atoms with Crippen LogP contribution in [0.1, 0.15) is 27.8 Å². The second-order valence-electron chi connectivity index (χ2n) is 8.04. The summed E-state index contributed by atoms with van der Waals surface area (Å²) in [6.45, 7) is 0. The summed E-state index contributed by atoms with van der Waals surface area (Å²) in [5, 5.41) is 1.24. The lowest BCUT2D eigenvalue weighted by Crippen LogP contribution is -2.01. The quantitative estimate of drug-likeness (QED) is 0.261. The third kappa shape index (κ3) is 3.45. The van der Waals surface area contributed by atoms with Gasteiger partial charge in [-0.05, 0) is 45.9 Å². The minimum atomic E-state index is -0.220. The molecule has 0 spiro atoms. The van der Waals surface area contributed by atoms with Gasteiger partial charge in [0, 0.05) is 11.1 Å². The topological polar surface area (TPSA) is 29.4 Å². The molecule has 0 saturated carbocycles.